The minimum atomic E-state index is -0.101. The predicted molar refractivity (Wildman–Crippen MR) is 108 cm³/mol. The largest absolute Gasteiger partial charge is 0.379 e. The van der Waals surface area contributed by atoms with Crippen LogP contribution in [-0.2, 0) is 29.0 Å². The number of carbonyl (C=O) groups excluding carboxylic acids is 1. The van der Waals surface area contributed by atoms with Crippen molar-refractivity contribution in [1.29, 1.82) is 0 Å². The number of benzene rings is 1. The normalized spacial score (nSPS) is 15.0. The van der Waals surface area contributed by atoms with Gasteiger partial charge in [-0.1, -0.05) is 24.3 Å². The van der Waals surface area contributed by atoms with Crippen molar-refractivity contribution >= 4 is 11.7 Å². The number of aromatic nitrogens is 4. The number of nitrogens with one attached hydrogen (secondary N) is 1. The van der Waals surface area contributed by atoms with E-state index in [0.717, 1.165) is 49.8 Å². The quantitative estimate of drug-likeness (QED) is 0.681. The monoisotopic (exact) mass is 394 g/mol. The molecule has 1 aliphatic rings. The van der Waals surface area contributed by atoms with Crippen LogP contribution in [0.3, 0.4) is 0 Å². The molecule has 1 fully saturated rings. The summed E-state index contributed by atoms with van der Waals surface area (Å²) in [6.45, 7) is 8.66. The molecule has 1 saturated heterocycles. The smallest absolute Gasteiger partial charge is 0.252 e. The van der Waals surface area contributed by atoms with Gasteiger partial charge in [0.15, 0.2) is 5.82 Å². The second-order valence-electron chi connectivity index (χ2n) is 7.39. The van der Waals surface area contributed by atoms with Crippen molar-refractivity contribution in [3.63, 3.8) is 0 Å². The molecule has 29 heavy (non-hydrogen) atoms. The van der Waals surface area contributed by atoms with Gasteiger partial charge in [0, 0.05) is 37.6 Å². The van der Waals surface area contributed by atoms with Crippen molar-refractivity contribution < 1.29 is 9.53 Å². The average Bonchev–Trinajstić information content (AvgIpc) is 3.10. The maximum absolute atomic E-state index is 12.5. The van der Waals surface area contributed by atoms with E-state index in [1.165, 1.54) is 5.56 Å². The zero-order chi connectivity index (χ0) is 20.2. The molecule has 8 heteroatoms. The van der Waals surface area contributed by atoms with Crippen molar-refractivity contribution in [2.75, 3.05) is 26.3 Å². The molecule has 8 nitrogen and oxygen atoms in total. The van der Waals surface area contributed by atoms with Gasteiger partial charge < -0.3 is 10.1 Å². The lowest BCUT2D eigenvalue weighted by Crippen LogP contribution is -2.36. The molecule has 0 bridgehead atoms. The molecule has 0 atom stereocenters. The summed E-state index contributed by atoms with van der Waals surface area (Å²) in [6.07, 6.45) is 0.132. The van der Waals surface area contributed by atoms with Crippen molar-refractivity contribution in [1.82, 2.24) is 29.8 Å². The maximum Gasteiger partial charge on any atom is 0.252 e. The molecule has 3 heterocycles. The van der Waals surface area contributed by atoms with Crippen LogP contribution < -0.4 is 5.32 Å². The molecule has 0 radical (unpaired) electrons. The van der Waals surface area contributed by atoms with Gasteiger partial charge in [0.25, 0.3) is 5.78 Å². The van der Waals surface area contributed by atoms with Crippen LogP contribution in [0.4, 0.5) is 0 Å². The van der Waals surface area contributed by atoms with Gasteiger partial charge in [0.2, 0.25) is 5.91 Å². The average molecular weight is 394 g/mol. The highest BCUT2D eigenvalue weighted by molar-refractivity contribution is 5.77. The summed E-state index contributed by atoms with van der Waals surface area (Å²) in [5.74, 6) is 0.905. The zero-order valence-corrected chi connectivity index (χ0v) is 16.9. The van der Waals surface area contributed by atoms with Crippen LogP contribution >= 0.6 is 0 Å². The third-order valence-corrected chi connectivity index (χ3v) is 5.07. The van der Waals surface area contributed by atoms with E-state index >= 15 is 0 Å². The van der Waals surface area contributed by atoms with Gasteiger partial charge in [0.05, 0.1) is 19.6 Å². The Balaban J connectivity index is 1.38. The molecular formula is C21H26N6O2. The van der Waals surface area contributed by atoms with Gasteiger partial charge in [-0.15, -0.1) is 5.10 Å². The van der Waals surface area contributed by atoms with Crippen LogP contribution in [0.5, 0.6) is 0 Å². The fourth-order valence-electron chi connectivity index (χ4n) is 3.57. The Morgan fingerprint density at radius 3 is 2.69 bits per heavy atom. The van der Waals surface area contributed by atoms with Crippen LogP contribution in [0.2, 0.25) is 0 Å². The lowest BCUT2D eigenvalue weighted by Gasteiger charge is -2.27. The minimum Gasteiger partial charge on any atom is -0.379 e. The number of rotatable bonds is 6. The van der Waals surface area contributed by atoms with Crippen LogP contribution in [0.15, 0.2) is 30.3 Å². The summed E-state index contributed by atoms with van der Waals surface area (Å²) in [7, 11) is 0. The number of amides is 1. The van der Waals surface area contributed by atoms with Crippen molar-refractivity contribution in [2.24, 2.45) is 0 Å². The molecule has 3 aromatic rings. The highest BCUT2D eigenvalue weighted by Gasteiger charge is 2.14. The van der Waals surface area contributed by atoms with Crippen LogP contribution in [-0.4, -0.2) is 56.7 Å². The van der Waals surface area contributed by atoms with Gasteiger partial charge in [0.1, 0.15) is 0 Å². The molecule has 2 aromatic heterocycles. The number of carbonyl (C=O) groups is 1. The maximum atomic E-state index is 12.5. The van der Waals surface area contributed by atoms with Crippen LogP contribution in [0, 0.1) is 13.8 Å². The molecule has 1 N–H and O–H groups in total. The van der Waals surface area contributed by atoms with Crippen molar-refractivity contribution in [3.05, 3.63) is 58.7 Å². The zero-order valence-electron chi connectivity index (χ0n) is 16.9. The number of hydrogen-bond acceptors (Lipinski definition) is 6. The molecule has 1 aromatic carbocycles. The molecule has 152 valence electrons. The van der Waals surface area contributed by atoms with Gasteiger partial charge >= 0.3 is 0 Å². The second-order valence-corrected chi connectivity index (χ2v) is 7.39. The van der Waals surface area contributed by atoms with E-state index in [1.54, 1.807) is 4.52 Å². The SMILES string of the molecule is Cc1cc(C)n2nc(CC(=O)NCc3ccccc3CN3CCOCC3)nc2n1. The summed E-state index contributed by atoms with van der Waals surface area (Å²) in [5.41, 5.74) is 4.19. The summed E-state index contributed by atoms with van der Waals surface area (Å²) in [4.78, 5) is 23.6. The first kappa shape index (κ1) is 19.5. The molecule has 0 spiro atoms. The Kier molecular flexibility index (Phi) is 5.82. The molecular weight excluding hydrogens is 368 g/mol. The first-order chi connectivity index (χ1) is 14.1. The number of fused-ring (bicyclic) bond motifs is 1. The Labute approximate surface area is 169 Å². The number of morpholine rings is 1. The van der Waals surface area contributed by atoms with Gasteiger partial charge in [-0.2, -0.15) is 4.98 Å². The number of ether oxygens (including phenoxy) is 1. The van der Waals surface area contributed by atoms with Gasteiger partial charge in [-0.25, -0.2) is 9.50 Å². The minimum absolute atomic E-state index is 0.101. The summed E-state index contributed by atoms with van der Waals surface area (Å²) in [6, 6.07) is 10.2. The number of nitrogens with zero attached hydrogens (tertiary/aromatic N) is 5. The Morgan fingerprint density at radius 1 is 1.14 bits per heavy atom. The van der Waals surface area contributed by atoms with E-state index in [-0.39, 0.29) is 12.3 Å². The van der Waals surface area contributed by atoms with Gasteiger partial charge in [-0.3, -0.25) is 9.69 Å². The van der Waals surface area contributed by atoms with Gasteiger partial charge in [-0.05, 0) is 31.0 Å². The summed E-state index contributed by atoms with van der Waals surface area (Å²) in [5, 5.41) is 7.41. The summed E-state index contributed by atoms with van der Waals surface area (Å²) >= 11 is 0. The number of hydrogen-bond donors (Lipinski definition) is 1. The second kappa shape index (κ2) is 8.67. The summed E-state index contributed by atoms with van der Waals surface area (Å²) < 4.78 is 7.10. The van der Waals surface area contributed by atoms with E-state index in [1.807, 2.05) is 32.0 Å². The predicted octanol–water partition coefficient (Wildman–Crippen LogP) is 1.43. The van der Waals surface area contributed by atoms with E-state index in [2.05, 4.69) is 37.4 Å². The van der Waals surface area contributed by atoms with E-state index in [4.69, 9.17) is 4.74 Å². The van der Waals surface area contributed by atoms with E-state index in [0.29, 0.717) is 18.1 Å². The molecule has 1 aliphatic heterocycles. The molecule has 0 aliphatic carbocycles. The standard InChI is InChI=1S/C21H26N6O2/c1-15-11-16(2)27-21(23-15)24-19(25-27)12-20(28)22-13-17-5-3-4-6-18(17)14-26-7-9-29-10-8-26/h3-6,11H,7-10,12-14H2,1-2H3,(H,22,28). The lowest BCUT2D eigenvalue weighted by atomic mass is 10.1. The van der Waals surface area contributed by atoms with Crippen molar-refractivity contribution in [3.8, 4) is 0 Å². The molecule has 0 saturated carbocycles. The fraction of sp³-hybridized carbons (Fsp3) is 0.429. The molecule has 1 amide bonds. The first-order valence-corrected chi connectivity index (χ1v) is 9.92. The Hall–Kier alpha value is -2.84. The van der Waals surface area contributed by atoms with Crippen LogP contribution in [0.25, 0.3) is 5.78 Å². The third-order valence-electron chi connectivity index (χ3n) is 5.07. The topological polar surface area (TPSA) is 84.7 Å². The Bertz CT molecular complexity index is 1010. The van der Waals surface area contributed by atoms with Crippen LogP contribution in [0.1, 0.15) is 28.3 Å². The highest BCUT2D eigenvalue weighted by Crippen LogP contribution is 2.13. The third kappa shape index (κ3) is 4.78. The van der Waals surface area contributed by atoms with Crippen molar-refractivity contribution in [2.45, 2.75) is 33.4 Å². The molecule has 4 rings (SSSR count). The van der Waals surface area contributed by atoms with E-state index in [9.17, 15) is 4.79 Å². The first-order valence-electron chi connectivity index (χ1n) is 9.92. The van der Waals surface area contributed by atoms with E-state index < -0.39 is 0 Å². The highest BCUT2D eigenvalue weighted by atomic mass is 16.5. The fourth-order valence-corrected chi connectivity index (χ4v) is 3.57. The molecule has 0 unspecified atom stereocenters. The lowest BCUT2D eigenvalue weighted by molar-refractivity contribution is -0.120. The number of aryl methyl sites for hydroxylation is 2. The Morgan fingerprint density at radius 2 is 1.90 bits per heavy atom.